The Labute approximate surface area is 422 Å². The van der Waals surface area contributed by atoms with Crippen molar-refractivity contribution in [3.63, 3.8) is 0 Å². The predicted molar refractivity (Wildman–Crippen MR) is 273 cm³/mol. The summed E-state index contributed by atoms with van der Waals surface area (Å²) in [7, 11) is 4.61. The van der Waals surface area contributed by atoms with Crippen molar-refractivity contribution < 1.29 is 58.2 Å². The monoisotopic (exact) mass is 992 g/mol. The summed E-state index contributed by atoms with van der Waals surface area (Å²) < 4.78 is 29.4. The average molecular weight is 992 g/mol. The predicted octanol–water partition coefficient (Wildman–Crippen LogP) is 7.17. The van der Waals surface area contributed by atoms with Crippen LogP contribution in [0.5, 0.6) is 5.75 Å². The third-order valence-electron chi connectivity index (χ3n) is 15.5. The minimum absolute atomic E-state index is 0.0272. The lowest BCUT2D eigenvalue weighted by atomic mass is 9.78. The van der Waals surface area contributed by atoms with Crippen LogP contribution in [0.4, 0.5) is 5.69 Å². The number of ether oxygens (including phenoxy) is 5. The summed E-state index contributed by atoms with van der Waals surface area (Å²) in [5, 5.41) is 37.8. The fourth-order valence-electron chi connectivity index (χ4n) is 10.9. The van der Waals surface area contributed by atoms with Crippen LogP contribution in [0.3, 0.4) is 0 Å². The molecule has 0 aromatic heterocycles. The molecule has 4 aliphatic rings. The third-order valence-corrected chi connectivity index (χ3v) is 15.5. The molecule has 71 heavy (non-hydrogen) atoms. The Morgan fingerprint density at radius 1 is 0.859 bits per heavy atom. The van der Waals surface area contributed by atoms with Crippen LogP contribution in [0.15, 0.2) is 71.9 Å². The molecule has 0 radical (unpaired) electrons. The average Bonchev–Trinajstić information content (AvgIpc) is 3.35. The van der Waals surface area contributed by atoms with Gasteiger partial charge in [-0.1, -0.05) is 69.7 Å². The molecular formula is C56H85N3O12. The second-order valence-electron chi connectivity index (χ2n) is 21.1. The standard InChI is InChI=1S/C56H85N3O12/c1-34-15-11-10-12-16-35(2)45(58-42-21-24-43(67-7)25-22-42)33-44-23-18-39(6)56(66,71-44)53(63)54(64)59-28-14-13-17-46(59)55(65)70-48(36(3)30-40-19-26-47(60)49(32-40)68-8)27-20-41(57)31-38(5)51(62)52(69-9)50(61)37(4)29-34/h10-12,15-16,21-22,24-25,31,34,36-37,39-41,44-49,51-52,58,60,62,66H,13-14,17-20,23,26-30,32-33,57H2,1-9H3/b12-10+,15-11+,35-16+,38-31+/t34-,36-,37?,39?,40?,41+,44+,45+,46?,47-,48+,49?,51?,52+,56?/m1/s1. The molecule has 7 unspecified atom stereocenters. The molecule has 1 aromatic rings. The molecule has 1 amide bonds. The number of rotatable bonds is 8. The molecule has 15 atom stereocenters. The second kappa shape index (κ2) is 27.2. The van der Waals surface area contributed by atoms with Crippen molar-refractivity contribution in [1.82, 2.24) is 4.90 Å². The van der Waals surface area contributed by atoms with Crippen LogP contribution in [0.1, 0.15) is 125 Å². The number of piperidine rings is 1. The van der Waals surface area contributed by atoms with Gasteiger partial charge >= 0.3 is 5.97 Å². The first kappa shape index (κ1) is 57.7. The maximum Gasteiger partial charge on any atom is 0.329 e. The van der Waals surface area contributed by atoms with Crippen LogP contribution < -0.4 is 15.8 Å². The Kier molecular flexibility index (Phi) is 22.1. The van der Waals surface area contributed by atoms with Crippen LogP contribution in [-0.4, -0.2) is 132 Å². The normalized spacial score (nSPS) is 37.8. The number of hydrogen-bond acceptors (Lipinski definition) is 14. The van der Waals surface area contributed by atoms with Crippen molar-refractivity contribution in [2.75, 3.05) is 33.2 Å². The number of fused-ring (bicyclic) bond motifs is 3. The van der Waals surface area contributed by atoms with Crippen LogP contribution in [0, 0.1) is 29.6 Å². The fourth-order valence-corrected chi connectivity index (χ4v) is 10.9. The number of nitrogens with zero attached hydrogens (tertiary/aromatic N) is 1. The zero-order chi connectivity index (χ0) is 52.0. The van der Waals surface area contributed by atoms with E-state index in [9.17, 15) is 34.5 Å². The quantitative estimate of drug-likeness (QED) is 0.0993. The molecule has 3 heterocycles. The number of aliphatic hydroxyl groups is 3. The number of Topliss-reactive ketones (excluding diaryl/α,β-unsaturated/α-hetero) is 2. The summed E-state index contributed by atoms with van der Waals surface area (Å²) in [6.07, 6.45) is 13.8. The SMILES string of the molecule is COc1ccc(N[C@H]2C[C@@H]3CCC(C)C(O)(O3)C(=O)C(=O)N3CCCCC3C(=O)O[C@H]([C@H](C)CC3CC[C@@H](O)C(OC)C3)CC[C@H](N)/C=C(\C)C(O)[C@@H](OC)C(=O)C(C)C[C@H](C)/C=C/C=C/C=C/2C)cc1. The third kappa shape index (κ3) is 15.6. The molecular weight excluding hydrogens is 907 g/mol. The second-order valence-corrected chi connectivity index (χ2v) is 21.1. The summed E-state index contributed by atoms with van der Waals surface area (Å²) >= 11 is 0. The highest BCUT2D eigenvalue weighted by Crippen LogP contribution is 2.38. The van der Waals surface area contributed by atoms with Gasteiger partial charge in [-0.15, -0.1) is 0 Å². The minimum Gasteiger partial charge on any atom is -0.497 e. The number of carbonyl (C=O) groups is 4. The number of methoxy groups -OCH3 is 3. The molecule has 15 heteroatoms. The van der Waals surface area contributed by atoms with Gasteiger partial charge in [0.15, 0.2) is 5.78 Å². The number of benzene rings is 1. The molecule has 6 N–H and O–H groups in total. The molecule has 1 aliphatic carbocycles. The van der Waals surface area contributed by atoms with Gasteiger partial charge in [0, 0.05) is 50.4 Å². The molecule has 15 nitrogen and oxygen atoms in total. The number of amides is 1. The van der Waals surface area contributed by atoms with Gasteiger partial charge in [-0.2, -0.15) is 0 Å². The van der Waals surface area contributed by atoms with Gasteiger partial charge < -0.3 is 55.0 Å². The highest BCUT2D eigenvalue weighted by atomic mass is 16.6. The maximum absolute atomic E-state index is 14.5. The summed E-state index contributed by atoms with van der Waals surface area (Å²) in [6, 6.07) is 5.56. The molecule has 2 bridgehead atoms. The van der Waals surface area contributed by atoms with Crippen molar-refractivity contribution in [2.24, 2.45) is 35.3 Å². The van der Waals surface area contributed by atoms with Crippen LogP contribution in [0.2, 0.25) is 0 Å². The van der Waals surface area contributed by atoms with Crippen molar-refractivity contribution in [3.8, 4) is 5.75 Å². The van der Waals surface area contributed by atoms with E-state index >= 15 is 0 Å². The first-order valence-electron chi connectivity index (χ1n) is 26.1. The Morgan fingerprint density at radius 2 is 1.59 bits per heavy atom. The smallest absolute Gasteiger partial charge is 0.329 e. The van der Waals surface area contributed by atoms with Gasteiger partial charge in [0.05, 0.1) is 25.4 Å². The van der Waals surface area contributed by atoms with Crippen molar-refractivity contribution in [1.29, 1.82) is 0 Å². The number of esters is 1. The van der Waals surface area contributed by atoms with E-state index in [0.717, 1.165) is 17.7 Å². The molecule has 1 saturated carbocycles. The van der Waals surface area contributed by atoms with Gasteiger partial charge in [-0.25, -0.2) is 4.79 Å². The van der Waals surface area contributed by atoms with E-state index in [4.69, 9.17) is 29.4 Å². The van der Waals surface area contributed by atoms with Crippen LogP contribution in [0.25, 0.3) is 0 Å². The lowest BCUT2D eigenvalue weighted by Crippen LogP contribution is -2.61. The largest absolute Gasteiger partial charge is 0.497 e. The first-order chi connectivity index (χ1) is 33.8. The van der Waals surface area contributed by atoms with E-state index in [1.165, 1.54) is 12.0 Å². The van der Waals surface area contributed by atoms with Crippen molar-refractivity contribution >= 4 is 29.1 Å². The molecule has 3 fully saturated rings. The van der Waals surface area contributed by atoms with Gasteiger partial charge in [0.1, 0.15) is 30.1 Å². The van der Waals surface area contributed by atoms with Gasteiger partial charge in [-0.3, -0.25) is 14.4 Å². The number of allylic oxidation sites excluding steroid dienone is 5. The Bertz CT molecular complexity index is 2040. The van der Waals surface area contributed by atoms with E-state index in [1.807, 2.05) is 82.3 Å². The van der Waals surface area contributed by atoms with Gasteiger partial charge in [0.2, 0.25) is 5.79 Å². The summed E-state index contributed by atoms with van der Waals surface area (Å²) in [6.45, 7) is 11.4. The zero-order valence-electron chi connectivity index (χ0n) is 43.8. The van der Waals surface area contributed by atoms with Gasteiger partial charge in [0.25, 0.3) is 11.7 Å². The topological polar surface area (TPSA) is 216 Å². The number of aliphatic hydroxyl groups excluding tert-OH is 2. The molecule has 5 rings (SSSR count). The number of ketones is 2. The summed E-state index contributed by atoms with van der Waals surface area (Å²) in [5.74, 6) is -5.73. The summed E-state index contributed by atoms with van der Waals surface area (Å²) in [4.78, 5) is 58.5. The number of nitrogens with one attached hydrogen (secondary N) is 1. The lowest BCUT2D eigenvalue weighted by Gasteiger charge is -2.43. The van der Waals surface area contributed by atoms with E-state index in [1.54, 1.807) is 34.1 Å². The van der Waals surface area contributed by atoms with Crippen molar-refractivity contribution in [3.05, 3.63) is 71.9 Å². The number of anilines is 1. The Balaban J connectivity index is 1.48. The molecule has 3 aliphatic heterocycles. The number of hydrogen-bond donors (Lipinski definition) is 5. The van der Waals surface area contributed by atoms with Crippen LogP contribution >= 0.6 is 0 Å². The number of carbonyl (C=O) groups excluding carboxylic acids is 4. The molecule has 2 saturated heterocycles. The summed E-state index contributed by atoms with van der Waals surface area (Å²) in [5.41, 5.74) is 8.96. The highest BCUT2D eigenvalue weighted by Gasteiger charge is 2.53. The van der Waals surface area contributed by atoms with E-state index < -0.39 is 77.9 Å². The van der Waals surface area contributed by atoms with E-state index in [-0.39, 0.29) is 48.6 Å². The van der Waals surface area contributed by atoms with E-state index in [0.29, 0.717) is 82.0 Å². The number of nitrogens with two attached hydrogens (primary N) is 1. The van der Waals surface area contributed by atoms with Crippen LogP contribution in [-0.2, 0) is 38.1 Å². The molecule has 0 spiro atoms. The fraction of sp³-hybridized carbons (Fsp3) is 0.679. The lowest BCUT2D eigenvalue weighted by molar-refractivity contribution is -0.263. The van der Waals surface area contributed by atoms with Crippen molar-refractivity contribution in [2.45, 2.75) is 186 Å². The zero-order valence-corrected chi connectivity index (χ0v) is 43.8. The highest BCUT2D eigenvalue weighted by molar-refractivity contribution is 6.39. The van der Waals surface area contributed by atoms with E-state index in [2.05, 4.69) is 5.32 Å². The Morgan fingerprint density at radius 3 is 2.28 bits per heavy atom. The Hall–Kier alpha value is -4.22. The number of cyclic esters (lactones) is 1. The molecule has 1 aromatic carbocycles. The minimum atomic E-state index is -2.43. The first-order valence-corrected chi connectivity index (χ1v) is 26.1. The van der Waals surface area contributed by atoms with Gasteiger partial charge in [-0.05, 0) is 145 Å². The maximum atomic E-state index is 14.5. The molecule has 396 valence electrons.